The Bertz CT molecular complexity index is 127. The van der Waals surface area contributed by atoms with Gasteiger partial charge in [0.2, 0.25) is 0 Å². The van der Waals surface area contributed by atoms with E-state index < -0.39 is 0 Å². The average molecular weight is 157 g/mol. The standard InChI is InChI=1S/C9H19NO/c1-6-3-4-7(2)9(11)8(10)5-6/h6-9,11H,3-5,10H2,1-2H3/t6?,7-,8+,9?/m1/s1. The van der Waals surface area contributed by atoms with Crippen LogP contribution in [0.4, 0.5) is 0 Å². The predicted molar refractivity (Wildman–Crippen MR) is 46.2 cm³/mol. The van der Waals surface area contributed by atoms with Crippen molar-refractivity contribution in [2.75, 3.05) is 0 Å². The van der Waals surface area contributed by atoms with Gasteiger partial charge in [-0.15, -0.1) is 0 Å². The van der Waals surface area contributed by atoms with Crippen molar-refractivity contribution in [3.8, 4) is 0 Å². The molecule has 1 aliphatic carbocycles. The Morgan fingerprint density at radius 1 is 1.27 bits per heavy atom. The van der Waals surface area contributed by atoms with E-state index in [-0.39, 0.29) is 12.1 Å². The van der Waals surface area contributed by atoms with Crippen LogP contribution in [-0.4, -0.2) is 17.3 Å². The first kappa shape index (κ1) is 9.01. The fourth-order valence-corrected chi connectivity index (χ4v) is 1.86. The second-order valence-corrected chi connectivity index (χ2v) is 4.05. The normalized spacial score (nSPS) is 46.9. The molecule has 0 saturated heterocycles. The van der Waals surface area contributed by atoms with Crippen molar-refractivity contribution in [1.82, 2.24) is 0 Å². The number of hydrogen-bond donors (Lipinski definition) is 2. The Kier molecular flexibility index (Phi) is 2.90. The molecule has 2 unspecified atom stereocenters. The van der Waals surface area contributed by atoms with E-state index in [1.54, 1.807) is 0 Å². The van der Waals surface area contributed by atoms with Gasteiger partial charge in [0.15, 0.2) is 0 Å². The summed E-state index contributed by atoms with van der Waals surface area (Å²) in [6, 6.07) is 0.00231. The molecule has 0 aliphatic heterocycles. The van der Waals surface area contributed by atoms with Gasteiger partial charge in [0.05, 0.1) is 6.10 Å². The van der Waals surface area contributed by atoms with Gasteiger partial charge in [-0.3, -0.25) is 0 Å². The number of aliphatic hydroxyl groups excluding tert-OH is 1. The highest BCUT2D eigenvalue weighted by Crippen LogP contribution is 2.26. The maximum absolute atomic E-state index is 9.62. The number of hydrogen-bond acceptors (Lipinski definition) is 2. The SMILES string of the molecule is CC1CC[C@@H](C)C(O)[C@@H](N)C1. The molecule has 4 atom stereocenters. The molecule has 0 bridgehead atoms. The van der Waals surface area contributed by atoms with E-state index >= 15 is 0 Å². The Labute approximate surface area is 68.8 Å². The van der Waals surface area contributed by atoms with Crippen LogP contribution in [0.25, 0.3) is 0 Å². The first-order valence-electron chi connectivity index (χ1n) is 4.55. The fraction of sp³-hybridized carbons (Fsp3) is 1.00. The number of rotatable bonds is 0. The molecule has 0 spiro atoms. The molecule has 1 rings (SSSR count). The summed E-state index contributed by atoms with van der Waals surface area (Å²) in [7, 11) is 0. The van der Waals surface area contributed by atoms with Crippen molar-refractivity contribution in [2.24, 2.45) is 17.6 Å². The summed E-state index contributed by atoms with van der Waals surface area (Å²) in [5.41, 5.74) is 5.81. The third kappa shape index (κ3) is 2.17. The molecular weight excluding hydrogens is 138 g/mol. The van der Waals surface area contributed by atoms with Crippen molar-refractivity contribution in [2.45, 2.75) is 45.3 Å². The van der Waals surface area contributed by atoms with Gasteiger partial charge in [0, 0.05) is 6.04 Å². The molecule has 1 fully saturated rings. The minimum atomic E-state index is -0.278. The lowest BCUT2D eigenvalue weighted by molar-refractivity contribution is 0.0915. The monoisotopic (exact) mass is 157 g/mol. The van der Waals surface area contributed by atoms with Crippen LogP contribution in [0, 0.1) is 11.8 Å². The molecule has 0 aromatic carbocycles. The lowest BCUT2D eigenvalue weighted by Crippen LogP contribution is -2.38. The van der Waals surface area contributed by atoms with Gasteiger partial charge in [0.25, 0.3) is 0 Å². The van der Waals surface area contributed by atoms with Crippen LogP contribution in [-0.2, 0) is 0 Å². The van der Waals surface area contributed by atoms with E-state index in [1.807, 2.05) is 0 Å². The van der Waals surface area contributed by atoms with E-state index in [2.05, 4.69) is 13.8 Å². The van der Waals surface area contributed by atoms with Crippen molar-refractivity contribution in [3.63, 3.8) is 0 Å². The minimum absolute atomic E-state index is 0.00231. The summed E-state index contributed by atoms with van der Waals surface area (Å²) in [5, 5.41) is 9.62. The zero-order chi connectivity index (χ0) is 8.43. The molecule has 11 heavy (non-hydrogen) atoms. The van der Waals surface area contributed by atoms with E-state index in [0.717, 1.165) is 12.8 Å². The molecule has 0 aromatic rings. The zero-order valence-electron chi connectivity index (χ0n) is 7.46. The van der Waals surface area contributed by atoms with Gasteiger partial charge in [0.1, 0.15) is 0 Å². The Morgan fingerprint density at radius 3 is 2.55 bits per heavy atom. The lowest BCUT2D eigenvalue weighted by Gasteiger charge is -2.20. The summed E-state index contributed by atoms with van der Waals surface area (Å²) in [6.45, 7) is 4.30. The third-order valence-electron chi connectivity index (χ3n) is 2.81. The van der Waals surface area contributed by atoms with Crippen LogP contribution in [0.15, 0.2) is 0 Å². The Hall–Kier alpha value is -0.0800. The van der Waals surface area contributed by atoms with Crippen LogP contribution in [0.3, 0.4) is 0 Å². The summed E-state index contributed by atoms with van der Waals surface area (Å²) in [6.07, 6.45) is 3.04. The highest BCUT2D eigenvalue weighted by atomic mass is 16.3. The molecule has 0 aromatic heterocycles. The van der Waals surface area contributed by atoms with E-state index in [1.165, 1.54) is 6.42 Å². The van der Waals surface area contributed by atoms with Gasteiger partial charge in [-0.25, -0.2) is 0 Å². The van der Waals surface area contributed by atoms with E-state index in [9.17, 15) is 5.11 Å². The Morgan fingerprint density at radius 2 is 1.91 bits per heavy atom. The maximum Gasteiger partial charge on any atom is 0.0716 e. The van der Waals surface area contributed by atoms with Gasteiger partial charge in [-0.1, -0.05) is 20.3 Å². The zero-order valence-corrected chi connectivity index (χ0v) is 7.46. The summed E-state index contributed by atoms with van der Waals surface area (Å²) >= 11 is 0. The summed E-state index contributed by atoms with van der Waals surface area (Å²) in [4.78, 5) is 0. The summed E-state index contributed by atoms with van der Waals surface area (Å²) < 4.78 is 0. The topological polar surface area (TPSA) is 46.2 Å². The second kappa shape index (κ2) is 3.55. The van der Waals surface area contributed by atoms with Gasteiger partial charge in [-0.2, -0.15) is 0 Å². The van der Waals surface area contributed by atoms with Crippen LogP contribution in [0.1, 0.15) is 33.1 Å². The first-order valence-corrected chi connectivity index (χ1v) is 4.55. The second-order valence-electron chi connectivity index (χ2n) is 4.05. The quantitative estimate of drug-likeness (QED) is 0.518. The Balaban J connectivity index is 2.53. The molecule has 0 radical (unpaired) electrons. The van der Waals surface area contributed by atoms with Gasteiger partial charge in [-0.05, 0) is 24.7 Å². The lowest BCUT2D eigenvalue weighted by atomic mass is 9.97. The van der Waals surface area contributed by atoms with Gasteiger partial charge >= 0.3 is 0 Å². The molecule has 0 heterocycles. The van der Waals surface area contributed by atoms with Crippen molar-refractivity contribution in [3.05, 3.63) is 0 Å². The third-order valence-corrected chi connectivity index (χ3v) is 2.81. The number of aliphatic hydroxyl groups is 1. The molecule has 1 aliphatic rings. The molecule has 1 saturated carbocycles. The highest BCUT2D eigenvalue weighted by molar-refractivity contribution is 4.82. The average Bonchev–Trinajstić information content (AvgIpc) is 2.05. The number of nitrogens with two attached hydrogens (primary N) is 1. The smallest absolute Gasteiger partial charge is 0.0716 e. The molecule has 3 N–H and O–H groups in total. The maximum atomic E-state index is 9.62. The van der Waals surface area contributed by atoms with Crippen LogP contribution >= 0.6 is 0 Å². The minimum Gasteiger partial charge on any atom is -0.391 e. The van der Waals surface area contributed by atoms with E-state index in [4.69, 9.17) is 5.73 Å². The largest absolute Gasteiger partial charge is 0.391 e. The van der Waals surface area contributed by atoms with Crippen LogP contribution in [0.5, 0.6) is 0 Å². The molecule has 2 nitrogen and oxygen atoms in total. The van der Waals surface area contributed by atoms with Crippen LogP contribution in [0.2, 0.25) is 0 Å². The van der Waals surface area contributed by atoms with Crippen molar-refractivity contribution >= 4 is 0 Å². The van der Waals surface area contributed by atoms with Crippen molar-refractivity contribution < 1.29 is 5.11 Å². The first-order chi connectivity index (χ1) is 5.11. The molecular formula is C9H19NO. The fourth-order valence-electron chi connectivity index (χ4n) is 1.86. The highest BCUT2D eigenvalue weighted by Gasteiger charge is 2.26. The van der Waals surface area contributed by atoms with Crippen molar-refractivity contribution in [1.29, 1.82) is 0 Å². The summed E-state index contributed by atoms with van der Waals surface area (Å²) in [5.74, 6) is 1.07. The van der Waals surface area contributed by atoms with E-state index in [0.29, 0.717) is 11.8 Å². The molecule has 0 amide bonds. The predicted octanol–water partition coefficient (Wildman–Crippen LogP) is 1.13. The molecule has 2 heteroatoms. The van der Waals surface area contributed by atoms with Crippen LogP contribution < -0.4 is 5.73 Å². The molecule has 66 valence electrons. The van der Waals surface area contributed by atoms with Gasteiger partial charge < -0.3 is 10.8 Å².